The summed E-state index contributed by atoms with van der Waals surface area (Å²) in [7, 11) is 0.0248. The number of amides is 1. The maximum Gasteiger partial charge on any atom is 0.243 e. The number of benzene rings is 2. The van der Waals surface area contributed by atoms with Crippen LogP contribution in [0.3, 0.4) is 0 Å². The molecule has 1 aromatic heterocycles. The van der Waals surface area contributed by atoms with Crippen molar-refractivity contribution in [1.29, 1.82) is 0 Å². The topological polar surface area (TPSA) is 82.6 Å². The zero-order chi connectivity index (χ0) is 21.7. The first-order valence-electron chi connectivity index (χ1n) is 9.61. The van der Waals surface area contributed by atoms with Crippen molar-refractivity contribution < 1.29 is 13.2 Å². The van der Waals surface area contributed by atoms with Gasteiger partial charge in [-0.25, -0.2) is 13.4 Å². The van der Waals surface area contributed by atoms with Crippen LogP contribution >= 0.6 is 11.3 Å². The van der Waals surface area contributed by atoms with Crippen LogP contribution in [0.15, 0.2) is 52.7 Å². The summed E-state index contributed by atoms with van der Waals surface area (Å²) < 4.78 is 28.0. The van der Waals surface area contributed by atoms with Crippen LogP contribution in [0.1, 0.15) is 12.1 Å². The van der Waals surface area contributed by atoms with Crippen molar-refractivity contribution in [3.8, 4) is 0 Å². The third-order valence-corrected chi connectivity index (χ3v) is 7.27. The molecule has 1 amide bonds. The smallest absolute Gasteiger partial charge is 0.243 e. The number of carbonyl (C=O) groups is 1. The van der Waals surface area contributed by atoms with E-state index in [1.807, 2.05) is 55.6 Å². The Bertz CT molecular complexity index is 1130. The van der Waals surface area contributed by atoms with E-state index in [0.29, 0.717) is 11.6 Å². The van der Waals surface area contributed by atoms with Gasteiger partial charge in [-0.3, -0.25) is 4.79 Å². The van der Waals surface area contributed by atoms with Crippen LogP contribution in [0.25, 0.3) is 10.8 Å². The monoisotopic (exact) mass is 446 g/mol. The van der Waals surface area contributed by atoms with Gasteiger partial charge in [0.05, 0.1) is 17.1 Å². The lowest BCUT2D eigenvalue weighted by Gasteiger charge is -2.22. The molecule has 0 aliphatic heterocycles. The quantitative estimate of drug-likeness (QED) is 0.546. The molecule has 0 fully saturated rings. The third kappa shape index (κ3) is 5.63. The van der Waals surface area contributed by atoms with E-state index in [-0.39, 0.29) is 18.0 Å². The molecule has 0 unspecified atom stereocenters. The van der Waals surface area contributed by atoms with E-state index in [0.717, 1.165) is 23.0 Å². The van der Waals surface area contributed by atoms with Gasteiger partial charge in [0.2, 0.25) is 15.9 Å². The van der Waals surface area contributed by atoms with Crippen LogP contribution in [0, 0.1) is 6.92 Å². The lowest BCUT2D eigenvalue weighted by Crippen LogP contribution is -2.39. The standard InChI is InChI=1S/C21H26N4O3S2/c1-16-15-29-21(22-16)23-20(26)14-25(12-6-11-24(2)3)30(27,28)19-10-9-17-7-4-5-8-18(17)13-19/h4-5,7-10,13,15H,6,11-12,14H2,1-3H3,(H,22,23,26). The van der Waals surface area contributed by atoms with Gasteiger partial charge >= 0.3 is 0 Å². The van der Waals surface area contributed by atoms with Gasteiger partial charge in [-0.05, 0) is 56.9 Å². The van der Waals surface area contributed by atoms with E-state index in [2.05, 4.69) is 10.3 Å². The van der Waals surface area contributed by atoms with E-state index in [4.69, 9.17) is 0 Å². The second-order valence-electron chi connectivity index (χ2n) is 7.35. The number of anilines is 1. The van der Waals surface area contributed by atoms with E-state index in [1.165, 1.54) is 15.6 Å². The molecular weight excluding hydrogens is 420 g/mol. The fraction of sp³-hybridized carbons (Fsp3) is 0.333. The van der Waals surface area contributed by atoms with Gasteiger partial charge in [0.25, 0.3) is 0 Å². The van der Waals surface area contributed by atoms with Crippen LogP contribution in [-0.2, 0) is 14.8 Å². The number of rotatable bonds is 9. The Morgan fingerprint density at radius 2 is 1.83 bits per heavy atom. The molecule has 3 aromatic rings. The Kier molecular flexibility index (Phi) is 7.19. The van der Waals surface area contributed by atoms with E-state index in [9.17, 15) is 13.2 Å². The first-order valence-corrected chi connectivity index (χ1v) is 11.9. The van der Waals surface area contributed by atoms with Crippen molar-refractivity contribution >= 4 is 43.2 Å². The second-order valence-corrected chi connectivity index (χ2v) is 10.1. The summed E-state index contributed by atoms with van der Waals surface area (Å²) in [6.07, 6.45) is 0.615. The van der Waals surface area contributed by atoms with E-state index in [1.54, 1.807) is 18.2 Å². The van der Waals surface area contributed by atoms with Gasteiger partial charge in [-0.15, -0.1) is 11.3 Å². The SMILES string of the molecule is Cc1csc(NC(=O)CN(CCCN(C)C)S(=O)(=O)c2ccc3ccccc3c2)n1. The fourth-order valence-electron chi connectivity index (χ4n) is 3.05. The zero-order valence-electron chi connectivity index (χ0n) is 17.3. The normalized spacial score (nSPS) is 12.0. The minimum absolute atomic E-state index is 0.184. The van der Waals surface area contributed by atoms with Crippen molar-refractivity contribution in [2.75, 3.05) is 39.0 Å². The Labute approximate surface area is 181 Å². The lowest BCUT2D eigenvalue weighted by molar-refractivity contribution is -0.116. The van der Waals surface area contributed by atoms with Crippen LogP contribution in [-0.4, -0.2) is 62.2 Å². The van der Waals surface area contributed by atoms with Gasteiger partial charge in [0, 0.05) is 11.9 Å². The number of aryl methyl sites for hydroxylation is 1. The molecule has 0 saturated heterocycles. The maximum absolute atomic E-state index is 13.4. The van der Waals surface area contributed by atoms with Gasteiger partial charge in [0.15, 0.2) is 5.13 Å². The Morgan fingerprint density at radius 1 is 1.10 bits per heavy atom. The summed E-state index contributed by atoms with van der Waals surface area (Å²) >= 11 is 1.31. The number of nitrogens with zero attached hydrogens (tertiary/aromatic N) is 3. The van der Waals surface area contributed by atoms with E-state index >= 15 is 0 Å². The molecule has 0 bridgehead atoms. The molecule has 30 heavy (non-hydrogen) atoms. The highest BCUT2D eigenvalue weighted by atomic mass is 32.2. The minimum atomic E-state index is -3.84. The molecule has 9 heteroatoms. The predicted molar refractivity (Wildman–Crippen MR) is 121 cm³/mol. The second kappa shape index (κ2) is 9.65. The Balaban J connectivity index is 1.83. The van der Waals surface area contributed by atoms with E-state index < -0.39 is 15.9 Å². The first kappa shape index (κ1) is 22.4. The first-order chi connectivity index (χ1) is 14.3. The largest absolute Gasteiger partial charge is 0.309 e. The molecule has 0 saturated carbocycles. The molecule has 0 aliphatic carbocycles. The molecule has 1 N–H and O–H groups in total. The summed E-state index contributed by atoms with van der Waals surface area (Å²) in [5.74, 6) is -0.404. The lowest BCUT2D eigenvalue weighted by atomic mass is 10.1. The van der Waals surface area contributed by atoms with Gasteiger partial charge in [-0.2, -0.15) is 4.31 Å². The molecule has 0 atom stereocenters. The summed E-state index contributed by atoms with van der Waals surface area (Å²) in [6.45, 7) is 2.54. The summed E-state index contributed by atoms with van der Waals surface area (Å²) in [5, 5.41) is 6.80. The number of thiazole rings is 1. The number of sulfonamides is 1. The molecule has 0 radical (unpaired) electrons. The Morgan fingerprint density at radius 3 is 2.50 bits per heavy atom. The van der Waals surface area contributed by atoms with Gasteiger partial charge in [-0.1, -0.05) is 30.3 Å². The maximum atomic E-state index is 13.4. The highest BCUT2D eigenvalue weighted by Gasteiger charge is 2.27. The van der Waals surface area contributed by atoms with Crippen LogP contribution < -0.4 is 5.32 Å². The molecule has 2 aromatic carbocycles. The number of fused-ring (bicyclic) bond motifs is 1. The van der Waals surface area contributed by atoms with Gasteiger partial charge < -0.3 is 10.2 Å². The minimum Gasteiger partial charge on any atom is -0.309 e. The van der Waals surface area contributed by atoms with Crippen LogP contribution in [0.4, 0.5) is 5.13 Å². The van der Waals surface area contributed by atoms with Gasteiger partial charge in [0.1, 0.15) is 0 Å². The molecule has 160 valence electrons. The van der Waals surface area contributed by atoms with Crippen molar-refractivity contribution in [2.45, 2.75) is 18.2 Å². The molecule has 7 nitrogen and oxygen atoms in total. The number of aromatic nitrogens is 1. The average molecular weight is 447 g/mol. The van der Waals surface area contributed by atoms with Crippen LogP contribution in [0.2, 0.25) is 0 Å². The molecule has 1 heterocycles. The number of nitrogens with one attached hydrogen (secondary N) is 1. The van der Waals surface area contributed by atoms with Crippen molar-refractivity contribution in [3.63, 3.8) is 0 Å². The summed E-state index contributed by atoms with van der Waals surface area (Å²) in [5.41, 5.74) is 0.807. The van der Waals surface area contributed by atoms with Crippen molar-refractivity contribution in [3.05, 3.63) is 53.5 Å². The Hall–Kier alpha value is -2.33. The number of hydrogen-bond donors (Lipinski definition) is 1. The van der Waals surface area contributed by atoms with Crippen molar-refractivity contribution in [2.24, 2.45) is 0 Å². The van der Waals surface area contributed by atoms with Crippen LogP contribution in [0.5, 0.6) is 0 Å². The number of carbonyl (C=O) groups excluding carboxylic acids is 1. The molecule has 0 spiro atoms. The highest BCUT2D eigenvalue weighted by Crippen LogP contribution is 2.22. The fourth-order valence-corrected chi connectivity index (χ4v) is 5.23. The number of hydrogen-bond acceptors (Lipinski definition) is 6. The predicted octanol–water partition coefficient (Wildman–Crippen LogP) is 3.19. The van der Waals surface area contributed by atoms with Crippen molar-refractivity contribution in [1.82, 2.24) is 14.2 Å². The summed E-state index contributed by atoms with van der Waals surface area (Å²) in [4.78, 5) is 18.9. The molecule has 0 aliphatic rings. The molecular formula is C21H26N4O3S2. The highest BCUT2D eigenvalue weighted by molar-refractivity contribution is 7.89. The molecule has 3 rings (SSSR count). The average Bonchev–Trinajstić information content (AvgIpc) is 3.11. The third-order valence-electron chi connectivity index (χ3n) is 4.56. The zero-order valence-corrected chi connectivity index (χ0v) is 19.0. The summed E-state index contributed by atoms with van der Waals surface area (Å²) in [6, 6.07) is 12.6.